The first-order valence-corrected chi connectivity index (χ1v) is 7.40. The van der Waals surface area contributed by atoms with Crippen LogP contribution in [0.3, 0.4) is 0 Å². The van der Waals surface area contributed by atoms with E-state index in [1.165, 1.54) is 12.8 Å². The van der Waals surface area contributed by atoms with Crippen LogP contribution in [0.4, 0.5) is 5.69 Å². The SMILES string of the molecule is C=CCN(C(=O)c1cc2cc(N)ccc2o1)C1CCCC1. The maximum absolute atomic E-state index is 12.7. The number of benzene rings is 1. The molecule has 0 bridgehead atoms. The highest BCUT2D eigenvalue weighted by atomic mass is 16.3. The van der Waals surface area contributed by atoms with Crippen molar-refractivity contribution in [2.75, 3.05) is 12.3 Å². The topological polar surface area (TPSA) is 59.5 Å². The van der Waals surface area contributed by atoms with E-state index < -0.39 is 0 Å². The van der Waals surface area contributed by atoms with Crippen LogP contribution in [0.15, 0.2) is 41.3 Å². The molecule has 2 N–H and O–H groups in total. The van der Waals surface area contributed by atoms with Crippen LogP contribution in [-0.4, -0.2) is 23.4 Å². The van der Waals surface area contributed by atoms with Crippen molar-refractivity contribution in [3.05, 3.63) is 42.7 Å². The average molecular weight is 284 g/mol. The van der Waals surface area contributed by atoms with Crippen molar-refractivity contribution in [1.82, 2.24) is 4.90 Å². The van der Waals surface area contributed by atoms with E-state index in [-0.39, 0.29) is 5.91 Å². The summed E-state index contributed by atoms with van der Waals surface area (Å²) in [6.45, 7) is 4.32. The number of fused-ring (bicyclic) bond motifs is 1. The maximum atomic E-state index is 12.7. The van der Waals surface area contributed by atoms with Crippen LogP contribution in [0.1, 0.15) is 36.2 Å². The standard InChI is InChI=1S/C17H20N2O2/c1-2-9-19(14-5-3-4-6-14)17(20)16-11-12-10-13(18)7-8-15(12)21-16/h2,7-8,10-11,14H,1,3-6,9,18H2. The van der Waals surface area contributed by atoms with Crippen molar-refractivity contribution < 1.29 is 9.21 Å². The highest BCUT2D eigenvalue weighted by Gasteiger charge is 2.28. The summed E-state index contributed by atoms with van der Waals surface area (Å²) in [5.41, 5.74) is 7.13. The molecule has 0 atom stereocenters. The first-order chi connectivity index (χ1) is 10.2. The predicted octanol–water partition coefficient (Wildman–Crippen LogP) is 3.59. The number of furan rings is 1. The molecule has 21 heavy (non-hydrogen) atoms. The number of rotatable bonds is 4. The molecule has 1 aromatic heterocycles. The Labute approximate surface area is 124 Å². The normalized spacial score (nSPS) is 15.4. The van der Waals surface area contributed by atoms with Gasteiger partial charge in [0.1, 0.15) is 5.58 Å². The van der Waals surface area contributed by atoms with Crippen LogP contribution in [0.5, 0.6) is 0 Å². The lowest BCUT2D eigenvalue weighted by atomic mass is 10.2. The predicted molar refractivity (Wildman–Crippen MR) is 84.1 cm³/mol. The number of carbonyl (C=O) groups is 1. The van der Waals surface area contributed by atoms with Gasteiger partial charge in [-0.3, -0.25) is 4.79 Å². The molecule has 4 heteroatoms. The Hall–Kier alpha value is -2.23. The van der Waals surface area contributed by atoms with E-state index in [0.29, 0.717) is 29.6 Å². The Morgan fingerprint density at radius 3 is 2.86 bits per heavy atom. The molecule has 1 amide bonds. The fraction of sp³-hybridized carbons (Fsp3) is 0.353. The van der Waals surface area contributed by atoms with E-state index in [1.54, 1.807) is 24.3 Å². The molecule has 0 saturated heterocycles. The van der Waals surface area contributed by atoms with Crippen molar-refractivity contribution in [1.29, 1.82) is 0 Å². The monoisotopic (exact) mass is 284 g/mol. The van der Waals surface area contributed by atoms with E-state index in [0.717, 1.165) is 18.2 Å². The van der Waals surface area contributed by atoms with Crippen molar-refractivity contribution >= 4 is 22.6 Å². The highest BCUT2D eigenvalue weighted by molar-refractivity contribution is 5.96. The van der Waals surface area contributed by atoms with Gasteiger partial charge in [0.2, 0.25) is 0 Å². The molecule has 0 spiro atoms. The molecule has 1 saturated carbocycles. The molecule has 2 aromatic rings. The molecule has 1 heterocycles. The highest BCUT2D eigenvalue weighted by Crippen LogP contribution is 2.27. The molecule has 1 fully saturated rings. The van der Waals surface area contributed by atoms with Gasteiger partial charge in [0.25, 0.3) is 5.91 Å². The third kappa shape index (κ3) is 2.66. The van der Waals surface area contributed by atoms with Crippen LogP contribution < -0.4 is 5.73 Å². The van der Waals surface area contributed by atoms with E-state index in [2.05, 4.69) is 6.58 Å². The number of nitrogens with two attached hydrogens (primary N) is 1. The summed E-state index contributed by atoms with van der Waals surface area (Å²) >= 11 is 0. The zero-order valence-corrected chi connectivity index (χ0v) is 12.0. The van der Waals surface area contributed by atoms with E-state index in [9.17, 15) is 4.79 Å². The molecule has 3 rings (SSSR count). The Morgan fingerprint density at radius 1 is 1.38 bits per heavy atom. The number of hydrogen-bond donors (Lipinski definition) is 1. The second-order valence-corrected chi connectivity index (χ2v) is 5.59. The summed E-state index contributed by atoms with van der Waals surface area (Å²) in [5, 5.41) is 0.864. The summed E-state index contributed by atoms with van der Waals surface area (Å²) in [6.07, 6.45) is 6.26. The maximum Gasteiger partial charge on any atom is 0.290 e. The van der Waals surface area contributed by atoms with Gasteiger partial charge in [-0.05, 0) is 37.1 Å². The Balaban J connectivity index is 1.91. The van der Waals surface area contributed by atoms with Gasteiger partial charge in [-0.1, -0.05) is 18.9 Å². The van der Waals surface area contributed by atoms with Crippen LogP contribution in [0, 0.1) is 0 Å². The van der Waals surface area contributed by atoms with Gasteiger partial charge >= 0.3 is 0 Å². The van der Waals surface area contributed by atoms with Crippen LogP contribution in [0.2, 0.25) is 0 Å². The van der Waals surface area contributed by atoms with Crippen LogP contribution in [0.25, 0.3) is 11.0 Å². The van der Waals surface area contributed by atoms with Gasteiger partial charge in [0.05, 0.1) is 0 Å². The van der Waals surface area contributed by atoms with Gasteiger partial charge in [0.15, 0.2) is 5.76 Å². The lowest BCUT2D eigenvalue weighted by molar-refractivity contribution is 0.0676. The molecular formula is C17H20N2O2. The number of anilines is 1. The summed E-state index contributed by atoms with van der Waals surface area (Å²) in [5.74, 6) is 0.320. The second kappa shape index (κ2) is 5.64. The smallest absolute Gasteiger partial charge is 0.290 e. The molecule has 0 aliphatic heterocycles. The van der Waals surface area contributed by atoms with Crippen molar-refractivity contribution in [2.24, 2.45) is 0 Å². The van der Waals surface area contributed by atoms with Gasteiger partial charge in [-0.15, -0.1) is 6.58 Å². The number of amides is 1. The fourth-order valence-corrected chi connectivity index (χ4v) is 3.06. The first-order valence-electron chi connectivity index (χ1n) is 7.40. The summed E-state index contributed by atoms with van der Waals surface area (Å²) in [7, 11) is 0. The quantitative estimate of drug-likeness (QED) is 0.689. The Bertz CT molecular complexity index is 668. The van der Waals surface area contributed by atoms with Gasteiger partial charge in [0, 0.05) is 23.7 Å². The second-order valence-electron chi connectivity index (χ2n) is 5.59. The summed E-state index contributed by atoms with van der Waals surface area (Å²) < 4.78 is 5.69. The minimum absolute atomic E-state index is 0.0587. The number of nitrogen functional groups attached to an aromatic ring is 1. The van der Waals surface area contributed by atoms with Crippen molar-refractivity contribution in [3.8, 4) is 0 Å². The van der Waals surface area contributed by atoms with E-state index in [4.69, 9.17) is 10.2 Å². The number of carbonyl (C=O) groups excluding carboxylic acids is 1. The van der Waals surface area contributed by atoms with E-state index >= 15 is 0 Å². The molecule has 110 valence electrons. The molecule has 4 nitrogen and oxygen atoms in total. The molecule has 0 radical (unpaired) electrons. The minimum atomic E-state index is -0.0587. The summed E-state index contributed by atoms with van der Waals surface area (Å²) in [6, 6.07) is 7.48. The molecule has 1 aromatic carbocycles. The number of nitrogens with zero attached hydrogens (tertiary/aromatic N) is 1. The third-order valence-corrected chi connectivity index (χ3v) is 4.10. The fourth-order valence-electron chi connectivity index (χ4n) is 3.06. The molecule has 1 aliphatic carbocycles. The van der Waals surface area contributed by atoms with E-state index in [1.807, 2.05) is 11.0 Å². The Morgan fingerprint density at radius 2 is 2.14 bits per heavy atom. The lowest BCUT2D eigenvalue weighted by Crippen LogP contribution is -2.38. The van der Waals surface area contributed by atoms with Crippen molar-refractivity contribution in [3.63, 3.8) is 0 Å². The summed E-state index contributed by atoms with van der Waals surface area (Å²) in [4.78, 5) is 14.6. The Kier molecular flexibility index (Phi) is 3.69. The average Bonchev–Trinajstić information content (AvgIpc) is 3.12. The lowest BCUT2D eigenvalue weighted by Gasteiger charge is -2.26. The molecular weight excluding hydrogens is 264 g/mol. The molecule has 0 unspecified atom stereocenters. The van der Waals surface area contributed by atoms with Crippen molar-refractivity contribution in [2.45, 2.75) is 31.7 Å². The van der Waals surface area contributed by atoms with Gasteiger partial charge in [-0.2, -0.15) is 0 Å². The van der Waals surface area contributed by atoms with Crippen LogP contribution >= 0.6 is 0 Å². The first kappa shape index (κ1) is 13.7. The van der Waals surface area contributed by atoms with Gasteiger partial charge < -0.3 is 15.1 Å². The van der Waals surface area contributed by atoms with Crippen LogP contribution in [-0.2, 0) is 0 Å². The zero-order valence-electron chi connectivity index (χ0n) is 12.0. The molecule has 1 aliphatic rings. The third-order valence-electron chi connectivity index (χ3n) is 4.10. The largest absolute Gasteiger partial charge is 0.451 e. The van der Waals surface area contributed by atoms with Gasteiger partial charge in [-0.25, -0.2) is 0 Å². The number of hydrogen-bond acceptors (Lipinski definition) is 3. The minimum Gasteiger partial charge on any atom is -0.451 e. The zero-order chi connectivity index (χ0) is 14.8.